The molecular formula is C13H19NO2. The van der Waals surface area contributed by atoms with E-state index in [0.717, 1.165) is 25.2 Å². The lowest BCUT2D eigenvalue weighted by Gasteiger charge is -2.16. The number of hydrogen-bond donors (Lipinski definition) is 1. The number of hydrogen-bond acceptors (Lipinski definition) is 3. The minimum absolute atomic E-state index is 0.157. The lowest BCUT2D eigenvalue weighted by atomic mass is 10.1. The third-order valence-electron chi connectivity index (χ3n) is 2.70. The molecule has 1 fully saturated rings. The third-order valence-corrected chi connectivity index (χ3v) is 2.70. The van der Waals surface area contributed by atoms with Crippen molar-refractivity contribution in [1.82, 2.24) is 0 Å². The Morgan fingerprint density at radius 3 is 3.00 bits per heavy atom. The van der Waals surface area contributed by atoms with Gasteiger partial charge < -0.3 is 15.2 Å². The first-order valence-electron chi connectivity index (χ1n) is 5.83. The quantitative estimate of drug-likeness (QED) is 0.842. The third kappa shape index (κ3) is 2.97. The van der Waals surface area contributed by atoms with Crippen molar-refractivity contribution in [3.63, 3.8) is 0 Å². The van der Waals surface area contributed by atoms with Gasteiger partial charge in [0.1, 0.15) is 11.9 Å². The maximum absolute atomic E-state index is 5.93. The fourth-order valence-corrected chi connectivity index (χ4v) is 1.92. The molecule has 0 aromatic heterocycles. The van der Waals surface area contributed by atoms with Gasteiger partial charge in [0.2, 0.25) is 0 Å². The van der Waals surface area contributed by atoms with Gasteiger partial charge in [0, 0.05) is 12.5 Å². The van der Waals surface area contributed by atoms with Crippen molar-refractivity contribution < 1.29 is 9.47 Å². The van der Waals surface area contributed by atoms with E-state index in [1.807, 2.05) is 25.1 Å². The van der Waals surface area contributed by atoms with Crippen LogP contribution in [0.4, 0.5) is 0 Å². The molecule has 0 radical (unpaired) electrons. The van der Waals surface area contributed by atoms with Crippen molar-refractivity contribution in [2.24, 2.45) is 5.73 Å². The molecule has 3 heteroatoms. The van der Waals surface area contributed by atoms with Gasteiger partial charge in [0.25, 0.3) is 0 Å². The van der Waals surface area contributed by atoms with Crippen LogP contribution in [0.5, 0.6) is 5.75 Å². The summed E-state index contributed by atoms with van der Waals surface area (Å²) in [5, 5.41) is 0. The van der Waals surface area contributed by atoms with E-state index in [1.54, 1.807) is 0 Å². The average Bonchev–Trinajstić information content (AvgIpc) is 2.73. The molecule has 0 bridgehead atoms. The van der Waals surface area contributed by atoms with E-state index in [9.17, 15) is 0 Å². The van der Waals surface area contributed by atoms with Crippen LogP contribution in [-0.4, -0.2) is 25.4 Å². The van der Waals surface area contributed by atoms with Gasteiger partial charge in [0.05, 0.1) is 13.2 Å². The molecule has 1 aromatic rings. The first-order valence-corrected chi connectivity index (χ1v) is 5.83. The Morgan fingerprint density at radius 1 is 1.50 bits per heavy atom. The van der Waals surface area contributed by atoms with Crippen LogP contribution in [0.1, 0.15) is 18.9 Å². The molecule has 88 valence electrons. The maximum Gasteiger partial charge on any atom is 0.124 e. The van der Waals surface area contributed by atoms with Crippen molar-refractivity contribution in [3.05, 3.63) is 29.8 Å². The lowest BCUT2D eigenvalue weighted by Crippen LogP contribution is -2.20. The van der Waals surface area contributed by atoms with Crippen molar-refractivity contribution in [3.8, 4) is 5.75 Å². The van der Waals surface area contributed by atoms with Crippen molar-refractivity contribution in [1.29, 1.82) is 0 Å². The fourth-order valence-electron chi connectivity index (χ4n) is 1.92. The molecule has 2 rings (SSSR count). The van der Waals surface area contributed by atoms with E-state index in [2.05, 4.69) is 6.07 Å². The Morgan fingerprint density at radius 2 is 2.31 bits per heavy atom. The van der Waals surface area contributed by atoms with E-state index >= 15 is 0 Å². The number of benzene rings is 1. The van der Waals surface area contributed by atoms with Crippen LogP contribution < -0.4 is 10.5 Å². The topological polar surface area (TPSA) is 44.5 Å². The molecule has 1 aliphatic heterocycles. The van der Waals surface area contributed by atoms with E-state index < -0.39 is 0 Å². The second kappa shape index (κ2) is 5.32. The molecule has 1 aliphatic rings. The van der Waals surface area contributed by atoms with E-state index in [-0.39, 0.29) is 12.1 Å². The Labute approximate surface area is 96.5 Å². The summed E-state index contributed by atoms with van der Waals surface area (Å²) in [5.74, 6) is 0.954. The summed E-state index contributed by atoms with van der Waals surface area (Å²) in [6.07, 6.45) is 2.03. The normalized spacial score (nSPS) is 22.0. The van der Waals surface area contributed by atoms with E-state index in [0.29, 0.717) is 6.61 Å². The standard InChI is InChI=1S/C13H19NO2/c1-10(14)8-11-4-2-3-5-13(11)16-12-6-7-15-9-12/h2-5,10,12H,6-9,14H2,1H3. The largest absolute Gasteiger partial charge is 0.488 e. The van der Waals surface area contributed by atoms with Gasteiger partial charge in [-0.25, -0.2) is 0 Å². The second-order valence-electron chi connectivity index (χ2n) is 4.39. The molecular weight excluding hydrogens is 202 g/mol. The van der Waals surface area contributed by atoms with Crippen molar-refractivity contribution >= 4 is 0 Å². The molecule has 0 amide bonds. The SMILES string of the molecule is CC(N)Cc1ccccc1OC1CCOC1. The van der Waals surface area contributed by atoms with Gasteiger partial charge in [-0.2, -0.15) is 0 Å². The Balaban J connectivity index is 2.06. The van der Waals surface area contributed by atoms with Gasteiger partial charge >= 0.3 is 0 Å². The molecule has 1 heterocycles. The smallest absolute Gasteiger partial charge is 0.124 e. The number of nitrogens with two attached hydrogens (primary N) is 1. The van der Waals surface area contributed by atoms with E-state index in [1.165, 1.54) is 5.56 Å². The minimum Gasteiger partial charge on any atom is -0.488 e. The zero-order chi connectivity index (χ0) is 11.4. The highest BCUT2D eigenvalue weighted by atomic mass is 16.5. The number of ether oxygens (including phenoxy) is 2. The minimum atomic E-state index is 0.157. The molecule has 0 aliphatic carbocycles. The molecule has 16 heavy (non-hydrogen) atoms. The predicted octanol–water partition coefficient (Wildman–Crippen LogP) is 1.74. The highest BCUT2D eigenvalue weighted by Crippen LogP contribution is 2.22. The first-order chi connectivity index (χ1) is 7.75. The monoisotopic (exact) mass is 221 g/mol. The van der Waals surface area contributed by atoms with Crippen molar-refractivity contribution in [2.75, 3.05) is 13.2 Å². The molecule has 1 aromatic carbocycles. The summed E-state index contributed by atoms with van der Waals surface area (Å²) in [5.41, 5.74) is 7.01. The van der Waals surface area contributed by atoms with Crippen LogP contribution in [0.2, 0.25) is 0 Å². The first kappa shape index (κ1) is 11.4. The van der Waals surface area contributed by atoms with Gasteiger partial charge in [-0.1, -0.05) is 18.2 Å². The highest BCUT2D eigenvalue weighted by Gasteiger charge is 2.18. The zero-order valence-electron chi connectivity index (χ0n) is 9.69. The Kier molecular flexibility index (Phi) is 3.80. The molecule has 3 nitrogen and oxygen atoms in total. The van der Waals surface area contributed by atoms with Crippen LogP contribution in [-0.2, 0) is 11.2 Å². The Bertz CT molecular complexity index is 332. The van der Waals surface area contributed by atoms with Gasteiger partial charge in [-0.05, 0) is 25.0 Å². The lowest BCUT2D eigenvalue weighted by molar-refractivity contribution is 0.140. The summed E-state index contributed by atoms with van der Waals surface area (Å²) in [6, 6.07) is 8.26. The molecule has 2 atom stereocenters. The molecule has 0 spiro atoms. The second-order valence-corrected chi connectivity index (χ2v) is 4.39. The van der Waals surface area contributed by atoms with Gasteiger partial charge in [-0.15, -0.1) is 0 Å². The summed E-state index contributed by atoms with van der Waals surface area (Å²) in [4.78, 5) is 0. The van der Waals surface area contributed by atoms with Crippen LogP contribution in [0.3, 0.4) is 0 Å². The van der Waals surface area contributed by atoms with Gasteiger partial charge in [-0.3, -0.25) is 0 Å². The molecule has 2 N–H and O–H groups in total. The zero-order valence-corrected chi connectivity index (χ0v) is 9.69. The predicted molar refractivity (Wildman–Crippen MR) is 63.6 cm³/mol. The average molecular weight is 221 g/mol. The number of rotatable bonds is 4. The molecule has 2 unspecified atom stereocenters. The van der Waals surface area contributed by atoms with Crippen LogP contribution in [0, 0.1) is 0 Å². The van der Waals surface area contributed by atoms with Gasteiger partial charge in [0.15, 0.2) is 0 Å². The van der Waals surface area contributed by atoms with Crippen molar-refractivity contribution in [2.45, 2.75) is 31.9 Å². The summed E-state index contributed by atoms with van der Waals surface area (Å²) >= 11 is 0. The number of para-hydroxylation sites is 1. The molecule has 0 saturated carbocycles. The fraction of sp³-hybridized carbons (Fsp3) is 0.538. The Hall–Kier alpha value is -1.06. The van der Waals surface area contributed by atoms with Crippen LogP contribution >= 0.6 is 0 Å². The molecule has 1 saturated heterocycles. The van der Waals surface area contributed by atoms with Crippen LogP contribution in [0.15, 0.2) is 24.3 Å². The summed E-state index contributed by atoms with van der Waals surface area (Å²) < 4.78 is 11.2. The van der Waals surface area contributed by atoms with E-state index in [4.69, 9.17) is 15.2 Å². The maximum atomic E-state index is 5.93. The summed E-state index contributed by atoms with van der Waals surface area (Å²) in [7, 11) is 0. The van der Waals surface area contributed by atoms with Crippen LogP contribution in [0.25, 0.3) is 0 Å². The summed E-state index contributed by atoms with van der Waals surface area (Å²) in [6.45, 7) is 3.52. The highest BCUT2D eigenvalue weighted by molar-refractivity contribution is 5.34.